The average Bonchev–Trinajstić information content (AvgIpc) is 2.83. The zero-order valence-electron chi connectivity index (χ0n) is 10.4. The molecule has 1 heterocycles. The molecule has 1 unspecified atom stereocenters. The lowest BCUT2D eigenvalue weighted by Crippen LogP contribution is -2.30. The molecular formula is C13H19NO2S. The fourth-order valence-corrected chi connectivity index (χ4v) is 2.66. The van der Waals surface area contributed by atoms with Crippen LogP contribution in [0, 0.1) is 0 Å². The molecule has 1 aromatic carbocycles. The molecule has 4 heteroatoms. The number of rotatable bonds is 6. The number of para-hydroxylation sites is 1. The van der Waals surface area contributed by atoms with Gasteiger partial charge in [0.05, 0.1) is 0 Å². The normalized spacial score (nSPS) is 14.9. The number of thioether (sulfide) groups is 1. The van der Waals surface area contributed by atoms with E-state index in [9.17, 15) is 0 Å². The number of ether oxygens (including phenoxy) is 2. The Kier molecular flexibility index (Phi) is 4.57. The third kappa shape index (κ3) is 3.07. The predicted octanol–water partition coefficient (Wildman–Crippen LogP) is 2.65. The molecule has 1 aliphatic heterocycles. The Morgan fingerprint density at radius 3 is 3.06 bits per heavy atom. The van der Waals surface area contributed by atoms with E-state index in [4.69, 9.17) is 9.47 Å². The van der Waals surface area contributed by atoms with Crippen LogP contribution in [0.15, 0.2) is 18.2 Å². The predicted molar refractivity (Wildman–Crippen MR) is 71.9 cm³/mol. The van der Waals surface area contributed by atoms with Crippen LogP contribution in [-0.2, 0) is 6.54 Å². The molecule has 0 aromatic heterocycles. The van der Waals surface area contributed by atoms with Crippen LogP contribution < -0.4 is 14.8 Å². The van der Waals surface area contributed by atoms with Crippen molar-refractivity contribution in [1.29, 1.82) is 0 Å². The van der Waals surface area contributed by atoms with Gasteiger partial charge in [-0.1, -0.05) is 19.1 Å². The summed E-state index contributed by atoms with van der Waals surface area (Å²) < 4.78 is 10.9. The van der Waals surface area contributed by atoms with Crippen molar-refractivity contribution in [2.24, 2.45) is 0 Å². The van der Waals surface area contributed by atoms with Crippen LogP contribution >= 0.6 is 11.8 Å². The second kappa shape index (κ2) is 6.17. The summed E-state index contributed by atoms with van der Waals surface area (Å²) in [7, 11) is 0. The van der Waals surface area contributed by atoms with Crippen molar-refractivity contribution < 1.29 is 9.47 Å². The summed E-state index contributed by atoms with van der Waals surface area (Å²) in [6.07, 6.45) is 3.29. The Morgan fingerprint density at radius 2 is 2.29 bits per heavy atom. The van der Waals surface area contributed by atoms with Gasteiger partial charge in [0, 0.05) is 23.9 Å². The molecule has 0 spiro atoms. The van der Waals surface area contributed by atoms with E-state index in [0.717, 1.165) is 30.2 Å². The van der Waals surface area contributed by atoms with Crippen molar-refractivity contribution >= 4 is 11.8 Å². The summed E-state index contributed by atoms with van der Waals surface area (Å²) in [6, 6.07) is 6.61. The number of hydrogen-bond acceptors (Lipinski definition) is 4. The number of hydrogen-bond donors (Lipinski definition) is 1. The van der Waals surface area contributed by atoms with Crippen molar-refractivity contribution in [3.05, 3.63) is 23.8 Å². The lowest BCUT2D eigenvalue weighted by atomic mass is 10.1. The number of nitrogens with one attached hydrogen (secondary N) is 1. The summed E-state index contributed by atoms with van der Waals surface area (Å²) in [5.41, 5.74) is 1.18. The van der Waals surface area contributed by atoms with E-state index < -0.39 is 0 Å². The van der Waals surface area contributed by atoms with Gasteiger partial charge in [0.15, 0.2) is 11.5 Å². The Hall–Kier alpha value is -0.870. The van der Waals surface area contributed by atoms with Gasteiger partial charge in [-0.2, -0.15) is 11.8 Å². The molecule has 0 radical (unpaired) electrons. The van der Waals surface area contributed by atoms with Crippen molar-refractivity contribution in [1.82, 2.24) is 5.32 Å². The van der Waals surface area contributed by atoms with Gasteiger partial charge in [-0.3, -0.25) is 0 Å². The summed E-state index contributed by atoms with van der Waals surface area (Å²) in [4.78, 5) is 0. The zero-order chi connectivity index (χ0) is 12.1. The van der Waals surface area contributed by atoms with Crippen molar-refractivity contribution in [3.63, 3.8) is 0 Å². The van der Waals surface area contributed by atoms with Gasteiger partial charge in [-0.05, 0) is 18.7 Å². The van der Waals surface area contributed by atoms with E-state index in [1.165, 1.54) is 5.56 Å². The first kappa shape index (κ1) is 12.6. The van der Waals surface area contributed by atoms with E-state index in [1.807, 2.05) is 23.9 Å². The van der Waals surface area contributed by atoms with Crippen molar-refractivity contribution in [2.45, 2.75) is 25.9 Å². The number of benzene rings is 1. The van der Waals surface area contributed by atoms with Crippen molar-refractivity contribution in [2.75, 3.05) is 18.8 Å². The first-order valence-electron chi connectivity index (χ1n) is 5.95. The summed E-state index contributed by atoms with van der Waals surface area (Å²) >= 11 is 1.88. The quantitative estimate of drug-likeness (QED) is 0.844. The first-order valence-corrected chi connectivity index (χ1v) is 7.34. The van der Waals surface area contributed by atoms with E-state index >= 15 is 0 Å². The highest BCUT2D eigenvalue weighted by atomic mass is 32.2. The Morgan fingerprint density at radius 1 is 1.41 bits per heavy atom. The van der Waals surface area contributed by atoms with Crippen molar-refractivity contribution in [3.8, 4) is 11.5 Å². The van der Waals surface area contributed by atoms with Gasteiger partial charge in [0.2, 0.25) is 6.79 Å². The van der Waals surface area contributed by atoms with Crippen LogP contribution in [0.2, 0.25) is 0 Å². The molecule has 0 fully saturated rings. The average molecular weight is 253 g/mol. The minimum atomic E-state index is 0.342. The van der Waals surface area contributed by atoms with Crippen LogP contribution in [0.3, 0.4) is 0 Å². The second-order valence-corrected chi connectivity index (χ2v) is 5.00. The lowest BCUT2D eigenvalue weighted by molar-refractivity contribution is 0.173. The van der Waals surface area contributed by atoms with Crippen LogP contribution in [0.5, 0.6) is 11.5 Å². The first-order chi connectivity index (χ1) is 8.35. The molecule has 1 N–H and O–H groups in total. The fourth-order valence-electron chi connectivity index (χ4n) is 1.91. The molecule has 1 aliphatic rings. The van der Waals surface area contributed by atoms with Crippen LogP contribution in [0.25, 0.3) is 0 Å². The molecule has 3 nitrogen and oxygen atoms in total. The third-order valence-corrected chi connectivity index (χ3v) is 3.66. The molecule has 1 aromatic rings. The van der Waals surface area contributed by atoms with Crippen LogP contribution in [0.1, 0.15) is 18.9 Å². The van der Waals surface area contributed by atoms with E-state index in [1.54, 1.807) is 0 Å². The van der Waals surface area contributed by atoms with Gasteiger partial charge in [0.1, 0.15) is 0 Å². The van der Waals surface area contributed by atoms with Crippen LogP contribution in [0.4, 0.5) is 0 Å². The zero-order valence-corrected chi connectivity index (χ0v) is 11.2. The second-order valence-electron chi connectivity index (χ2n) is 4.09. The molecule has 0 aliphatic carbocycles. The smallest absolute Gasteiger partial charge is 0.231 e. The third-order valence-electron chi connectivity index (χ3n) is 2.92. The molecule has 0 saturated heterocycles. The SMILES string of the molecule is CCC(CSC)NCc1cccc2c1OCO2. The number of fused-ring (bicyclic) bond motifs is 1. The standard InChI is InChI=1S/C13H19NO2S/c1-3-11(8-17-2)14-7-10-5-4-6-12-13(10)16-9-15-12/h4-6,11,14H,3,7-9H2,1-2H3. The molecule has 0 amide bonds. The van der Waals surface area contributed by atoms with Gasteiger partial charge >= 0.3 is 0 Å². The molecular weight excluding hydrogens is 234 g/mol. The maximum absolute atomic E-state index is 5.49. The topological polar surface area (TPSA) is 30.5 Å². The fraction of sp³-hybridized carbons (Fsp3) is 0.538. The molecule has 94 valence electrons. The molecule has 1 atom stereocenters. The molecule has 0 bridgehead atoms. The van der Waals surface area contributed by atoms with Gasteiger partial charge in [-0.25, -0.2) is 0 Å². The molecule has 2 rings (SSSR count). The summed E-state index contributed by atoms with van der Waals surface area (Å²) in [6.45, 7) is 3.39. The minimum absolute atomic E-state index is 0.342. The Labute approximate surface area is 107 Å². The highest BCUT2D eigenvalue weighted by Gasteiger charge is 2.17. The van der Waals surface area contributed by atoms with Gasteiger partial charge < -0.3 is 14.8 Å². The largest absolute Gasteiger partial charge is 0.454 e. The maximum atomic E-state index is 5.49. The summed E-state index contributed by atoms with van der Waals surface area (Å²) in [5, 5.41) is 3.56. The maximum Gasteiger partial charge on any atom is 0.231 e. The van der Waals surface area contributed by atoms with Gasteiger partial charge in [0.25, 0.3) is 0 Å². The van der Waals surface area contributed by atoms with Gasteiger partial charge in [-0.15, -0.1) is 0 Å². The van der Waals surface area contributed by atoms with E-state index in [2.05, 4.69) is 24.6 Å². The Bertz CT molecular complexity index is 370. The molecule has 0 saturated carbocycles. The summed E-state index contributed by atoms with van der Waals surface area (Å²) in [5.74, 6) is 2.91. The monoisotopic (exact) mass is 253 g/mol. The highest BCUT2D eigenvalue weighted by Crippen LogP contribution is 2.35. The van der Waals surface area contributed by atoms with Crippen LogP contribution in [-0.4, -0.2) is 24.8 Å². The van der Waals surface area contributed by atoms with E-state index in [0.29, 0.717) is 12.8 Å². The highest BCUT2D eigenvalue weighted by molar-refractivity contribution is 7.98. The molecule has 17 heavy (non-hydrogen) atoms. The lowest BCUT2D eigenvalue weighted by Gasteiger charge is -2.16. The Balaban J connectivity index is 1.97. The van der Waals surface area contributed by atoms with E-state index in [-0.39, 0.29) is 0 Å². The minimum Gasteiger partial charge on any atom is -0.454 e.